The van der Waals surface area contributed by atoms with Crippen LogP contribution in [0.25, 0.3) is 0 Å². The van der Waals surface area contributed by atoms with E-state index in [9.17, 15) is 5.11 Å². The van der Waals surface area contributed by atoms with Crippen LogP contribution in [0.15, 0.2) is 24.3 Å². The molecule has 0 spiro atoms. The Morgan fingerprint density at radius 1 is 1.35 bits per heavy atom. The van der Waals surface area contributed by atoms with Crippen LogP contribution in [0.1, 0.15) is 32.6 Å². The van der Waals surface area contributed by atoms with Crippen LogP contribution in [-0.2, 0) is 0 Å². The third-order valence-electron chi connectivity index (χ3n) is 3.90. The average molecular weight is 298 g/mol. The van der Waals surface area contributed by atoms with Gasteiger partial charge in [-0.05, 0) is 49.8 Å². The molecule has 1 unspecified atom stereocenters. The van der Waals surface area contributed by atoms with E-state index in [0.29, 0.717) is 23.4 Å². The molecule has 1 saturated carbocycles. The lowest BCUT2D eigenvalue weighted by Crippen LogP contribution is -2.39. The third kappa shape index (κ3) is 5.31. The maximum Gasteiger partial charge on any atom is 0.120 e. The van der Waals surface area contributed by atoms with E-state index < -0.39 is 6.10 Å². The van der Waals surface area contributed by atoms with Crippen molar-refractivity contribution in [1.29, 1.82) is 0 Å². The average Bonchev–Trinajstić information content (AvgIpc) is 2.45. The predicted molar refractivity (Wildman–Crippen MR) is 82.4 cm³/mol. The first-order valence-electron chi connectivity index (χ1n) is 7.43. The number of nitrogens with one attached hydrogen (secondary N) is 1. The molecule has 1 aliphatic rings. The first-order valence-corrected chi connectivity index (χ1v) is 7.81. The Balaban J connectivity index is 1.64. The van der Waals surface area contributed by atoms with Crippen LogP contribution in [0.4, 0.5) is 0 Å². The number of benzene rings is 1. The summed E-state index contributed by atoms with van der Waals surface area (Å²) < 4.78 is 5.53. The highest BCUT2D eigenvalue weighted by atomic mass is 35.5. The van der Waals surface area contributed by atoms with Crippen LogP contribution >= 0.6 is 11.6 Å². The fourth-order valence-electron chi connectivity index (χ4n) is 2.58. The van der Waals surface area contributed by atoms with Gasteiger partial charge in [-0.25, -0.2) is 0 Å². The molecule has 0 aromatic heterocycles. The van der Waals surface area contributed by atoms with Gasteiger partial charge < -0.3 is 15.2 Å². The zero-order valence-corrected chi connectivity index (χ0v) is 12.8. The van der Waals surface area contributed by atoms with Gasteiger partial charge in [-0.2, -0.15) is 0 Å². The molecule has 0 heterocycles. The maximum absolute atomic E-state index is 9.94. The van der Waals surface area contributed by atoms with Crippen molar-refractivity contribution < 1.29 is 9.84 Å². The molecule has 2 N–H and O–H groups in total. The molecule has 2 rings (SSSR count). The fraction of sp³-hybridized carbons (Fsp3) is 0.625. The van der Waals surface area contributed by atoms with E-state index in [4.69, 9.17) is 16.3 Å². The lowest BCUT2D eigenvalue weighted by atomic mass is 9.87. The Labute approximate surface area is 126 Å². The van der Waals surface area contributed by atoms with Crippen LogP contribution in [0.5, 0.6) is 5.75 Å². The molecule has 1 aliphatic carbocycles. The SMILES string of the molecule is CC1CCC(NCC(O)COc2cccc(Cl)c2)CC1. The minimum atomic E-state index is -0.492. The maximum atomic E-state index is 9.94. The van der Waals surface area contributed by atoms with Gasteiger partial charge in [-0.3, -0.25) is 0 Å². The van der Waals surface area contributed by atoms with Crippen molar-refractivity contribution >= 4 is 11.6 Å². The Hall–Kier alpha value is -0.770. The highest BCUT2D eigenvalue weighted by Gasteiger charge is 2.18. The molecule has 112 valence electrons. The number of hydrogen-bond acceptors (Lipinski definition) is 3. The molecule has 0 bridgehead atoms. The summed E-state index contributed by atoms with van der Waals surface area (Å²) in [5, 5.41) is 14.0. The van der Waals surface area contributed by atoms with Gasteiger partial charge in [-0.15, -0.1) is 0 Å². The normalized spacial score (nSPS) is 24.4. The fourth-order valence-corrected chi connectivity index (χ4v) is 2.76. The van der Waals surface area contributed by atoms with Crippen molar-refractivity contribution in [1.82, 2.24) is 5.32 Å². The molecule has 1 aromatic carbocycles. The number of rotatable bonds is 6. The summed E-state index contributed by atoms with van der Waals surface area (Å²) in [5.41, 5.74) is 0. The number of ether oxygens (including phenoxy) is 1. The van der Waals surface area contributed by atoms with E-state index in [1.807, 2.05) is 12.1 Å². The molecule has 0 aliphatic heterocycles. The molecule has 1 aromatic rings. The van der Waals surface area contributed by atoms with Gasteiger partial charge in [0.05, 0.1) is 0 Å². The molecular formula is C16H24ClNO2. The lowest BCUT2D eigenvalue weighted by Gasteiger charge is -2.27. The second-order valence-electron chi connectivity index (χ2n) is 5.79. The zero-order chi connectivity index (χ0) is 14.4. The summed E-state index contributed by atoms with van der Waals surface area (Å²) >= 11 is 5.88. The van der Waals surface area contributed by atoms with E-state index in [1.54, 1.807) is 12.1 Å². The van der Waals surface area contributed by atoms with Crippen molar-refractivity contribution in [3.8, 4) is 5.75 Å². The molecule has 20 heavy (non-hydrogen) atoms. The van der Waals surface area contributed by atoms with Crippen molar-refractivity contribution in [3.05, 3.63) is 29.3 Å². The Kier molecular flexibility index (Phi) is 6.14. The Bertz CT molecular complexity index is 405. The summed E-state index contributed by atoms with van der Waals surface area (Å²) in [5.74, 6) is 1.55. The molecule has 1 fully saturated rings. The topological polar surface area (TPSA) is 41.5 Å². The van der Waals surface area contributed by atoms with Crippen molar-refractivity contribution in [2.75, 3.05) is 13.2 Å². The largest absolute Gasteiger partial charge is 0.491 e. The summed E-state index contributed by atoms with van der Waals surface area (Å²) in [7, 11) is 0. The first kappa shape index (κ1) is 15.6. The predicted octanol–water partition coefficient (Wildman–Crippen LogP) is 3.25. The quantitative estimate of drug-likeness (QED) is 0.847. The molecule has 1 atom stereocenters. The van der Waals surface area contributed by atoms with Crippen LogP contribution in [-0.4, -0.2) is 30.4 Å². The van der Waals surface area contributed by atoms with Gasteiger partial charge in [0.15, 0.2) is 0 Å². The minimum absolute atomic E-state index is 0.288. The lowest BCUT2D eigenvalue weighted by molar-refractivity contribution is 0.101. The second kappa shape index (κ2) is 7.87. The van der Waals surface area contributed by atoms with Crippen LogP contribution in [0, 0.1) is 5.92 Å². The Morgan fingerprint density at radius 2 is 2.10 bits per heavy atom. The van der Waals surface area contributed by atoms with Gasteiger partial charge in [0.1, 0.15) is 18.5 Å². The smallest absolute Gasteiger partial charge is 0.120 e. The highest BCUT2D eigenvalue weighted by molar-refractivity contribution is 6.30. The van der Waals surface area contributed by atoms with Gasteiger partial charge in [-0.1, -0.05) is 24.6 Å². The summed E-state index contributed by atoms with van der Waals surface area (Å²) in [4.78, 5) is 0. The van der Waals surface area contributed by atoms with Gasteiger partial charge in [0.2, 0.25) is 0 Å². The molecule has 3 nitrogen and oxygen atoms in total. The molecule has 0 saturated heterocycles. The summed E-state index contributed by atoms with van der Waals surface area (Å²) in [6.45, 7) is 3.18. The molecule has 0 radical (unpaired) electrons. The van der Waals surface area contributed by atoms with Crippen molar-refractivity contribution in [2.45, 2.75) is 44.8 Å². The van der Waals surface area contributed by atoms with Crippen molar-refractivity contribution in [2.24, 2.45) is 5.92 Å². The van der Waals surface area contributed by atoms with E-state index in [-0.39, 0.29) is 6.61 Å². The van der Waals surface area contributed by atoms with Crippen LogP contribution in [0.3, 0.4) is 0 Å². The Morgan fingerprint density at radius 3 is 2.80 bits per heavy atom. The summed E-state index contributed by atoms with van der Waals surface area (Å²) in [6.07, 6.45) is 4.50. The minimum Gasteiger partial charge on any atom is -0.491 e. The first-order chi connectivity index (χ1) is 9.63. The van der Waals surface area contributed by atoms with E-state index in [2.05, 4.69) is 12.2 Å². The van der Waals surface area contributed by atoms with E-state index in [0.717, 1.165) is 5.92 Å². The van der Waals surface area contributed by atoms with Gasteiger partial charge in [0, 0.05) is 17.6 Å². The van der Waals surface area contributed by atoms with Crippen LogP contribution < -0.4 is 10.1 Å². The number of hydrogen-bond donors (Lipinski definition) is 2. The monoisotopic (exact) mass is 297 g/mol. The van der Waals surface area contributed by atoms with Gasteiger partial charge >= 0.3 is 0 Å². The van der Waals surface area contributed by atoms with Crippen molar-refractivity contribution in [3.63, 3.8) is 0 Å². The summed E-state index contributed by atoms with van der Waals surface area (Å²) in [6, 6.07) is 7.79. The van der Waals surface area contributed by atoms with Gasteiger partial charge in [0.25, 0.3) is 0 Å². The number of aliphatic hydroxyl groups excluding tert-OH is 1. The molecular weight excluding hydrogens is 274 g/mol. The molecule has 0 amide bonds. The number of aliphatic hydroxyl groups is 1. The van der Waals surface area contributed by atoms with E-state index >= 15 is 0 Å². The standard InChI is InChI=1S/C16H24ClNO2/c1-12-5-7-14(8-6-12)18-10-15(19)11-20-16-4-2-3-13(17)9-16/h2-4,9,12,14-15,18-19H,5-8,10-11H2,1H3. The van der Waals surface area contributed by atoms with E-state index in [1.165, 1.54) is 25.7 Å². The molecule has 4 heteroatoms. The number of halogens is 1. The zero-order valence-electron chi connectivity index (χ0n) is 12.0. The van der Waals surface area contributed by atoms with Crippen LogP contribution in [0.2, 0.25) is 5.02 Å². The highest BCUT2D eigenvalue weighted by Crippen LogP contribution is 2.23. The second-order valence-corrected chi connectivity index (χ2v) is 6.22. The third-order valence-corrected chi connectivity index (χ3v) is 4.13.